The van der Waals surface area contributed by atoms with E-state index in [2.05, 4.69) is 20.3 Å². The van der Waals surface area contributed by atoms with Gasteiger partial charge in [-0.3, -0.25) is 5.10 Å². The van der Waals surface area contributed by atoms with Gasteiger partial charge in [0.05, 0.1) is 11.9 Å². The van der Waals surface area contributed by atoms with Gasteiger partial charge < -0.3 is 4.52 Å². The Balaban J connectivity index is 1.89. The fourth-order valence-electron chi connectivity index (χ4n) is 2.77. The van der Waals surface area contributed by atoms with Gasteiger partial charge in [0.2, 0.25) is 0 Å². The Labute approximate surface area is 137 Å². The summed E-state index contributed by atoms with van der Waals surface area (Å²) < 4.78 is 19.5. The highest BCUT2D eigenvalue weighted by molar-refractivity contribution is 5.83. The third kappa shape index (κ3) is 2.46. The monoisotopic (exact) mass is 322 g/mol. The van der Waals surface area contributed by atoms with Crippen LogP contribution in [0.15, 0.2) is 53.4 Å². The summed E-state index contributed by atoms with van der Waals surface area (Å²) in [7, 11) is 0. The Bertz CT molecular complexity index is 999. The van der Waals surface area contributed by atoms with Crippen LogP contribution in [0.5, 0.6) is 0 Å². The minimum Gasteiger partial charge on any atom is -0.364 e. The zero-order chi connectivity index (χ0) is 16.7. The molecule has 0 aliphatic rings. The van der Waals surface area contributed by atoms with E-state index in [1.165, 1.54) is 20.1 Å². The quantitative estimate of drug-likeness (QED) is 0.603. The van der Waals surface area contributed by atoms with Crippen molar-refractivity contribution < 1.29 is 8.91 Å². The molecule has 120 valence electrons. The van der Waals surface area contributed by atoms with E-state index in [1.54, 1.807) is 18.3 Å². The van der Waals surface area contributed by atoms with E-state index in [1.807, 2.05) is 24.3 Å². The lowest BCUT2D eigenvalue weighted by Gasteiger charge is -2.17. The Morgan fingerprint density at radius 3 is 2.58 bits per heavy atom. The summed E-state index contributed by atoms with van der Waals surface area (Å²) in [4.78, 5) is 4.57. The number of alkyl halides is 1. The molecule has 5 nitrogen and oxygen atoms in total. The van der Waals surface area contributed by atoms with Crippen LogP contribution in [0.4, 0.5) is 4.39 Å². The van der Waals surface area contributed by atoms with Gasteiger partial charge in [0, 0.05) is 28.1 Å². The molecule has 4 aromatic rings. The van der Waals surface area contributed by atoms with Crippen molar-refractivity contribution in [1.82, 2.24) is 20.3 Å². The Morgan fingerprint density at radius 1 is 1.08 bits per heavy atom. The van der Waals surface area contributed by atoms with E-state index in [0.717, 1.165) is 16.8 Å². The molecule has 0 amide bonds. The van der Waals surface area contributed by atoms with Crippen LogP contribution in [0.1, 0.15) is 19.4 Å². The number of fused-ring (bicyclic) bond motifs is 1. The number of aromatic nitrogens is 4. The van der Waals surface area contributed by atoms with Crippen LogP contribution in [-0.4, -0.2) is 20.3 Å². The number of H-pyrrole nitrogens is 1. The lowest BCUT2D eigenvalue weighted by molar-refractivity contribution is 0.224. The van der Waals surface area contributed by atoms with Crippen LogP contribution in [-0.2, 0) is 5.67 Å². The van der Waals surface area contributed by atoms with Gasteiger partial charge in [-0.25, -0.2) is 9.37 Å². The van der Waals surface area contributed by atoms with E-state index in [0.29, 0.717) is 22.3 Å². The van der Waals surface area contributed by atoms with Crippen molar-refractivity contribution in [2.75, 3.05) is 0 Å². The van der Waals surface area contributed by atoms with Crippen molar-refractivity contribution in [3.8, 4) is 22.5 Å². The highest BCUT2D eigenvalue weighted by Gasteiger charge is 2.24. The van der Waals surface area contributed by atoms with Gasteiger partial charge in [-0.05, 0) is 26.0 Å². The number of benzene rings is 1. The first kappa shape index (κ1) is 14.6. The molecule has 3 aromatic heterocycles. The predicted octanol–water partition coefficient (Wildman–Crippen LogP) is 4.48. The fraction of sp³-hybridized carbons (Fsp3) is 0.167. The van der Waals surface area contributed by atoms with Crippen LogP contribution in [0, 0.1) is 0 Å². The van der Waals surface area contributed by atoms with Crippen LogP contribution in [0.2, 0.25) is 0 Å². The molecule has 3 heterocycles. The minimum absolute atomic E-state index is 0.558. The van der Waals surface area contributed by atoms with Gasteiger partial charge in [0.1, 0.15) is 17.6 Å². The molecule has 0 saturated heterocycles. The molecule has 0 spiro atoms. The molecule has 0 aliphatic carbocycles. The Kier molecular flexibility index (Phi) is 3.19. The first-order valence-electron chi connectivity index (χ1n) is 7.57. The van der Waals surface area contributed by atoms with Gasteiger partial charge in [0.25, 0.3) is 0 Å². The molecule has 1 aromatic carbocycles. The average molecular weight is 322 g/mol. The van der Waals surface area contributed by atoms with Crippen LogP contribution in [0.3, 0.4) is 0 Å². The van der Waals surface area contributed by atoms with Crippen LogP contribution < -0.4 is 0 Å². The fourth-order valence-corrected chi connectivity index (χ4v) is 2.77. The van der Waals surface area contributed by atoms with E-state index in [9.17, 15) is 4.39 Å². The summed E-state index contributed by atoms with van der Waals surface area (Å²) in [5.74, 6) is 0. The van der Waals surface area contributed by atoms with Gasteiger partial charge in [-0.15, -0.1) is 0 Å². The molecular weight excluding hydrogens is 307 g/mol. The summed E-state index contributed by atoms with van der Waals surface area (Å²) in [6.45, 7) is 3.06. The molecule has 0 saturated carbocycles. The minimum atomic E-state index is -1.50. The molecule has 0 radical (unpaired) electrons. The third-order valence-corrected chi connectivity index (χ3v) is 3.96. The van der Waals surface area contributed by atoms with Gasteiger partial charge >= 0.3 is 0 Å². The summed E-state index contributed by atoms with van der Waals surface area (Å²) in [6.07, 6.45) is 3.13. The number of pyridine rings is 1. The normalized spacial score (nSPS) is 12.0. The number of aromatic amines is 1. The van der Waals surface area contributed by atoms with E-state index in [-0.39, 0.29) is 0 Å². The van der Waals surface area contributed by atoms with E-state index >= 15 is 0 Å². The topological polar surface area (TPSA) is 67.6 Å². The molecule has 6 heteroatoms. The summed E-state index contributed by atoms with van der Waals surface area (Å²) in [6, 6.07) is 11.3. The van der Waals surface area contributed by atoms with E-state index < -0.39 is 5.67 Å². The maximum Gasteiger partial charge on any atom is 0.156 e. The molecule has 0 aliphatic heterocycles. The largest absolute Gasteiger partial charge is 0.364 e. The summed E-state index contributed by atoms with van der Waals surface area (Å²) in [5, 5.41) is 11.5. The average Bonchev–Trinajstić information content (AvgIpc) is 3.24. The molecule has 0 unspecified atom stereocenters. The molecule has 0 atom stereocenters. The zero-order valence-electron chi connectivity index (χ0n) is 13.2. The standard InChI is InChI=1S/C18H15FN4O/c1-18(2,19)14-9-16(21-17-13(14)10-20-22-17)12-5-3-4-11(8-12)15-6-7-24-23-15/h3-10H,1-2H3,(H,20,21,22). The molecule has 0 bridgehead atoms. The van der Waals surface area contributed by atoms with Crippen molar-refractivity contribution >= 4 is 11.0 Å². The summed E-state index contributed by atoms with van der Waals surface area (Å²) in [5.41, 5.74) is 2.83. The third-order valence-electron chi connectivity index (χ3n) is 3.96. The molecule has 4 rings (SSSR count). The van der Waals surface area contributed by atoms with Crippen molar-refractivity contribution in [3.05, 3.63) is 54.4 Å². The second-order valence-corrected chi connectivity index (χ2v) is 6.13. The molecular formula is C18H15FN4O. The lowest BCUT2D eigenvalue weighted by Crippen LogP contribution is -2.10. The Morgan fingerprint density at radius 2 is 1.88 bits per heavy atom. The highest BCUT2D eigenvalue weighted by Crippen LogP contribution is 2.34. The first-order valence-corrected chi connectivity index (χ1v) is 7.57. The molecule has 0 fully saturated rings. The number of nitrogens with zero attached hydrogens (tertiary/aromatic N) is 3. The maximum absolute atomic E-state index is 14.6. The second-order valence-electron chi connectivity index (χ2n) is 6.13. The van der Waals surface area contributed by atoms with Crippen molar-refractivity contribution in [2.45, 2.75) is 19.5 Å². The summed E-state index contributed by atoms with van der Waals surface area (Å²) >= 11 is 0. The SMILES string of the molecule is CC(C)(F)c1cc(-c2cccc(-c3ccon3)c2)nc2[nH]ncc12. The van der Waals surface area contributed by atoms with Crippen molar-refractivity contribution in [1.29, 1.82) is 0 Å². The number of hydrogen-bond donors (Lipinski definition) is 1. The number of halogens is 1. The second kappa shape index (κ2) is 5.26. The predicted molar refractivity (Wildman–Crippen MR) is 89.0 cm³/mol. The van der Waals surface area contributed by atoms with Crippen molar-refractivity contribution in [3.63, 3.8) is 0 Å². The number of nitrogens with one attached hydrogen (secondary N) is 1. The highest BCUT2D eigenvalue weighted by atomic mass is 19.1. The number of hydrogen-bond acceptors (Lipinski definition) is 4. The van der Waals surface area contributed by atoms with Gasteiger partial charge in [-0.2, -0.15) is 5.10 Å². The van der Waals surface area contributed by atoms with Crippen LogP contribution in [0.25, 0.3) is 33.5 Å². The number of rotatable bonds is 3. The smallest absolute Gasteiger partial charge is 0.156 e. The van der Waals surface area contributed by atoms with Gasteiger partial charge in [0.15, 0.2) is 5.65 Å². The van der Waals surface area contributed by atoms with Crippen LogP contribution >= 0.6 is 0 Å². The molecule has 1 N–H and O–H groups in total. The zero-order valence-corrected chi connectivity index (χ0v) is 13.2. The van der Waals surface area contributed by atoms with Gasteiger partial charge in [-0.1, -0.05) is 23.4 Å². The molecule has 24 heavy (non-hydrogen) atoms. The van der Waals surface area contributed by atoms with Crippen molar-refractivity contribution in [2.24, 2.45) is 0 Å². The first-order chi connectivity index (χ1) is 11.5. The van der Waals surface area contributed by atoms with E-state index in [4.69, 9.17) is 4.52 Å². The Hall–Kier alpha value is -3.02. The maximum atomic E-state index is 14.6. The lowest BCUT2D eigenvalue weighted by atomic mass is 9.95.